The van der Waals surface area contributed by atoms with E-state index in [0.29, 0.717) is 12.6 Å². The molecule has 0 bridgehead atoms. The van der Waals surface area contributed by atoms with Gasteiger partial charge in [0.25, 0.3) is 0 Å². The molecule has 2 heterocycles. The van der Waals surface area contributed by atoms with E-state index in [4.69, 9.17) is 9.47 Å². The van der Waals surface area contributed by atoms with Crippen molar-refractivity contribution in [3.05, 3.63) is 0 Å². The summed E-state index contributed by atoms with van der Waals surface area (Å²) in [5, 5.41) is 2.84. The van der Waals surface area contributed by atoms with Gasteiger partial charge in [-0.2, -0.15) is 0 Å². The fourth-order valence-corrected chi connectivity index (χ4v) is 2.21. The number of ether oxygens (including phenoxy) is 2. The van der Waals surface area contributed by atoms with Crippen LogP contribution in [0.3, 0.4) is 0 Å². The summed E-state index contributed by atoms with van der Waals surface area (Å²) in [6, 6.07) is 0. The molecule has 2 saturated heterocycles. The summed E-state index contributed by atoms with van der Waals surface area (Å²) < 4.78 is 11.3. The Balaban J connectivity index is 1.83. The Labute approximate surface area is 90.3 Å². The number of morpholine rings is 1. The van der Waals surface area contributed by atoms with Gasteiger partial charge in [0.2, 0.25) is 5.91 Å². The third-order valence-corrected chi connectivity index (χ3v) is 3.14. The minimum absolute atomic E-state index is 0.0166. The molecule has 0 aliphatic carbocycles. The van der Waals surface area contributed by atoms with Gasteiger partial charge in [-0.25, -0.2) is 0 Å². The molecule has 4 heteroatoms. The lowest BCUT2D eigenvalue weighted by Crippen LogP contribution is -2.52. The maximum absolute atomic E-state index is 11.0. The second kappa shape index (κ2) is 4.49. The van der Waals surface area contributed by atoms with E-state index in [2.05, 4.69) is 5.32 Å². The van der Waals surface area contributed by atoms with Gasteiger partial charge in [0.1, 0.15) is 6.61 Å². The monoisotopic (exact) mass is 213 g/mol. The molecule has 0 saturated carbocycles. The minimum atomic E-state index is -0.240. The van der Waals surface area contributed by atoms with E-state index in [-0.39, 0.29) is 18.1 Å². The van der Waals surface area contributed by atoms with Gasteiger partial charge >= 0.3 is 0 Å². The van der Waals surface area contributed by atoms with E-state index in [1.807, 2.05) is 6.92 Å². The zero-order valence-corrected chi connectivity index (χ0v) is 9.25. The SMILES string of the molecule is CC1(CC2CCCCO2)CNC(=O)CO1. The largest absolute Gasteiger partial charge is 0.378 e. The average molecular weight is 213 g/mol. The third kappa shape index (κ3) is 2.92. The van der Waals surface area contributed by atoms with Crippen molar-refractivity contribution < 1.29 is 14.3 Å². The number of nitrogens with one attached hydrogen (secondary N) is 1. The molecule has 2 unspecified atom stereocenters. The van der Waals surface area contributed by atoms with Gasteiger partial charge in [-0.3, -0.25) is 4.79 Å². The summed E-state index contributed by atoms with van der Waals surface area (Å²) >= 11 is 0. The van der Waals surface area contributed by atoms with Crippen LogP contribution in [0.2, 0.25) is 0 Å². The zero-order chi connectivity index (χ0) is 10.7. The average Bonchev–Trinajstić information content (AvgIpc) is 2.24. The van der Waals surface area contributed by atoms with Crippen molar-refractivity contribution >= 4 is 5.91 Å². The molecule has 0 radical (unpaired) electrons. The van der Waals surface area contributed by atoms with Gasteiger partial charge in [0, 0.05) is 19.6 Å². The van der Waals surface area contributed by atoms with E-state index < -0.39 is 0 Å². The Kier molecular flexibility index (Phi) is 3.26. The molecule has 1 amide bonds. The van der Waals surface area contributed by atoms with E-state index in [0.717, 1.165) is 19.4 Å². The molecule has 2 rings (SSSR count). The van der Waals surface area contributed by atoms with Gasteiger partial charge in [-0.05, 0) is 26.2 Å². The Morgan fingerprint density at radius 3 is 3.00 bits per heavy atom. The number of hydrogen-bond donors (Lipinski definition) is 1. The van der Waals surface area contributed by atoms with Crippen LogP contribution >= 0.6 is 0 Å². The Bertz CT molecular complexity index is 226. The quantitative estimate of drug-likeness (QED) is 0.739. The molecule has 2 aliphatic heterocycles. The second-order valence-electron chi connectivity index (χ2n) is 4.71. The highest BCUT2D eigenvalue weighted by atomic mass is 16.5. The first-order chi connectivity index (χ1) is 7.18. The molecule has 2 atom stereocenters. The molecule has 4 nitrogen and oxygen atoms in total. The van der Waals surface area contributed by atoms with Gasteiger partial charge in [0.15, 0.2) is 0 Å². The zero-order valence-electron chi connectivity index (χ0n) is 9.25. The molecule has 0 aromatic heterocycles. The summed E-state index contributed by atoms with van der Waals surface area (Å²) in [7, 11) is 0. The minimum Gasteiger partial charge on any atom is -0.378 e. The summed E-state index contributed by atoms with van der Waals surface area (Å²) in [5.41, 5.74) is -0.240. The molecule has 2 aliphatic rings. The van der Waals surface area contributed by atoms with Crippen LogP contribution in [0.25, 0.3) is 0 Å². The van der Waals surface area contributed by atoms with E-state index in [1.165, 1.54) is 12.8 Å². The maximum Gasteiger partial charge on any atom is 0.246 e. The molecule has 1 N–H and O–H groups in total. The standard InChI is InChI=1S/C11H19NO3/c1-11(8-12-10(13)7-15-11)6-9-4-2-3-5-14-9/h9H,2-8H2,1H3,(H,12,13). The maximum atomic E-state index is 11.0. The fraction of sp³-hybridized carbons (Fsp3) is 0.909. The van der Waals surface area contributed by atoms with E-state index in [1.54, 1.807) is 0 Å². The Morgan fingerprint density at radius 1 is 1.53 bits per heavy atom. The van der Waals surface area contributed by atoms with Gasteiger partial charge in [-0.15, -0.1) is 0 Å². The Hall–Kier alpha value is -0.610. The lowest BCUT2D eigenvalue weighted by atomic mass is 9.93. The summed E-state index contributed by atoms with van der Waals surface area (Å²) in [5.74, 6) is -0.0166. The first-order valence-electron chi connectivity index (χ1n) is 5.70. The van der Waals surface area contributed by atoms with Crippen molar-refractivity contribution in [1.29, 1.82) is 0 Å². The first-order valence-corrected chi connectivity index (χ1v) is 5.70. The normalized spacial score (nSPS) is 37.4. The van der Waals surface area contributed by atoms with Gasteiger partial charge in [0.05, 0.1) is 11.7 Å². The molecule has 15 heavy (non-hydrogen) atoms. The smallest absolute Gasteiger partial charge is 0.246 e. The fourth-order valence-electron chi connectivity index (χ4n) is 2.21. The van der Waals surface area contributed by atoms with Crippen LogP contribution in [-0.4, -0.2) is 37.4 Å². The Morgan fingerprint density at radius 2 is 2.40 bits per heavy atom. The molecule has 0 spiro atoms. The molecule has 0 aromatic rings. The van der Waals surface area contributed by atoms with Crippen molar-refractivity contribution in [3.63, 3.8) is 0 Å². The summed E-state index contributed by atoms with van der Waals surface area (Å²) in [4.78, 5) is 11.0. The lowest BCUT2D eigenvalue weighted by Gasteiger charge is -2.37. The number of rotatable bonds is 2. The predicted molar refractivity (Wildman–Crippen MR) is 55.6 cm³/mol. The van der Waals surface area contributed by atoms with Crippen molar-refractivity contribution in [1.82, 2.24) is 5.32 Å². The van der Waals surface area contributed by atoms with E-state index >= 15 is 0 Å². The third-order valence-electron chi connectivity index (χ3n) is 3.14. The summed E-state index contributed by atoms with van der Waals surface area (Å²) in [6.45, 7) is 3.70. The number of carbonyl (C=O) groups excluding carboxylic acids is 1. The van der Waals surface area contributed by atoms with Crippen LogP contribution in [0.5, 0.6) is 0 Å². The molecular formula is C11H19NO3. The number of hydrogen-bond acceptors (Lipinski definition) is 3. The molecule has 0 aromatic carbocycles. The number of amides is 1. The van der Waals surface area contributed by atoms with Crippen molar-refractivity contribution in [2.45, 2.75) is 44.3 Å². The highest BCUT2D eigenvalue weighted by molar-refractivity contribution is 5.77. The van der Waals surface area contributed by atoms with Crippen LogP contribution in [0.1, 0.15) is 32.6 Å². The van der Waals surface area contributed by atoms with Crippen molar-refractivity contribution in [2.75, 3.05) is 19.8 Å². The van der Waals surface area contributed by atoms with Crippen LogP contribution in [0.4, 0.5) is 0 Å². The lowest BCUT2D eigenvalue weighted by molar-refractivity contribution is -0.147. The molecular weight excluding hydrogens is 194 g/mol. The van der Waals surface area contributed by atoms with Crippen LogP contribution in [0.15, 0.2) is 0 Å². The summed E-state index contributed by atoms with van der Waals surface area (Å²) in [6.07, 6.45) is 4.72. The first kappa shape index (κ1) is 10.9. The van der Waals surface area contributed by atoms with Gasteiger partial charge in [-0.1, -0.05) is 0 Å². The van der Waals surface area contributed by atoms with Crippen LogP contribution < -0.4 is 5.32 Å². The highest BCUT2D eigenvalue weighted by Crippen LogP contribution is 2.25. The van der Waals surface area contributed by atoms with E-state index in [9.17, 15) is 4.79 Å². The predicted octanol–water partition coefficient (Wildman–Crippen LogP) is 0.851. The van der Waals surface area contributed by atoms with Crippen molar-refractivity contribution in [3.8, 4) is 0 Å². The topological polar surface area (TPSA) is 47.6 Å². The second-order valence-corrected chi connectivity index (χ2v) is 4.71. The van der Waals surface area contributed by atoms with Crippen molar-refractivity contribution in [2.24, 2.45) is 0 Å². The highest BCUT2D eigenvalue weighted by Gasteiger charge is 2.34. The van der Waals surface area contributed by atoms with Crippen LogP contribution in [-0.2, 0) is 14.3 Å². The number of carbonyl (C=O) groups is 1. The molecule has 2 fully saturated rings. The van der Waals surface area contributed by atoms with Gasteiger partial charge < -0.3 is 14.8 Å². The molecule has 86 valence electrons. The van der Waals surface area contributed by atoms with Crippen LogP contribution in [0, 0.1) is 0 Å².